The normalized spacial score (nSPS) is 11.9. The molecule has 0 saturated carbocycles. The van der Waals surface area contributed by atoms with Gasteiger partial charge in [-0.1, -0.05) is 6.07 Å². The van der Waals surface area contributed by atoms with Crippen molar-refractivity contribution in [2.75, 3.05) is 7.05 Å². The number of sulfonamides is 1. The molecule has 6 nitrogen and oxygen atoms in total. The summed E-state index contributed by atoms with van der Waals surface area (Å²) in [6, 6.07) is 1.73. The third-order valence-electron chi connectivity index (χ3n) is 3.90. The largest absolute Gasteiger partial charge is 0.481 e. The van der Waals surface area contributed by atoms with E-state index in [-0.39, 0.29) is 17.9 Å². The number of benzene rings is 1. The van der Waals surface area contributed by atoms with E-state index in [1.165, 1.54) is 22.7 Å². The third kappa shape index (κ3) is 3.66. The Kier molecular flexibility index (Phi) is 5.42. The van der Waals surface area contributed by atoms with Crippen LogP contribution in [0.4, 0.5) is 0 Å². The van der Waals surface area contributed by atoms with Crippen LogP contribution in [0.2, 0.25) is 0 Å². The summed E-state index contributed by atoms with van der Waals surface area (Å²) in [5.41, 5.74) is 2.45. The highest BCUT2D eigenvalue weighted by Gasteiger charge is 2.28. The van der Waals surface area contributed by atoms with Crippen LogP contribution in [-0.4, -0.2) is 35.8 Å². The maximum Gasteiger partial charge on any atom is 0.307 e. The quantitative estimate of drug-likeness (QED) is 0.846. The van der Waals surface area contributed by atoms with Gasteiger partial charge in [0.2, 0.25) is 10.0 Å². The van der Waals surface area contributed by atoms with E-state index < -0.39 is 16.0 Å². The lowest BCUT2D eigenvalue weighted by Crippen LogP contribution is -2.28. The van der Waals surface area contributed by atoms with Crippen LogP contribution >= 0.6 is 11.3 Å². The minimum Gasteiger partial charge on any atom is -0.481 e. The van der Waals surface area contributed by atoms with Crippen molar-refractivity contribution in [2.24, 2.45) is 0 Å². The number of carboxylic acid groups (broad SMARTS) is 1. The Balaban J connectivity index is 2.51. The molecule has 2 aromatic rings. The first-order valence-corrected chi connectivity index (χ1v) is 9.62. The molecule has 0 spiro atoms. The summed E-state index contributed by atoms with van der Waals surface area (Å²) in [6.45, 7) is 5.38. The van der Waals surface area contributed by atoms with E-state index in [4.69, 9.17) is 5.11 Å². The van der Waals surface area contributed by atoms with Gasteiger partial charge in [-0.3, -0.25) is 4.79 Å². The number of carbonyl (C=O) groups is 1. The predicted molar refractivity (Wildman–Crippen MR) is 92.8 cm³/mol. The van der Waals surface area contributed by atoms with Crippen LogP contribution in [0.15, 0.2) is 22.5 Å². The predicted octanol–water partition coefficient (Wildman–Crippen LogP) is 2.52. The molecule has 2 rings (SSSR count). The molecule has 1 heterocycles. The van der Waals surface area contributed by atoms with Crippen molar-refractivity contribution in [1.82, 2.24) is 9.29 Å². The zero-order valence-corrected chi connectivity index (χ0v) is 15.7. The molecular weight excluding hydrogens is 348 g/mol. The van der Waals surface area contributed by atoms with Crippen LogP contribution in [0, 0.1) is 20.8 Å². The Morgan fingerprint density at radius 1 is 1.29 bits per heavy atom. The number of aliphatic carboxylic acids is 1. The fourth-order valence-corrected chi connectivity index (χ4v) is 5.12. The third-order valence-corrected chi connectivity index (χ3v) is 6.76. The summed E-state index contributed by atoms with van der Waals surface area (Å²) in [5.74, 6) is -0.982. The smallest absolute Gasteiger partial charge is 0.307 e. The molecule has 0 unspecified atom stereocenters. The molecule has 1 aromatic carbocycles. The highest BCUT2D eigenvalue weighted by molar-refractivity contribution is 7.89. The summed E-state index contributed by atoms with van der Waals surface area (Å²) in [4.78, 5) is 15.4. The number of hydrogen-bond acceptors (Lipinski definition) is 5. The van der Waals surface area contributed by atoms with Gasteiger partial charge in [0.25, 0.3) is 0 Å². The van der Waals surface area contributed by atoms with Gasteiger partial charge in [0.1, 0.15) is 5.01 Å². The second-order valence-electron chi connectivity index (χ2n) is 5.70. The molecule has 1 aromatic heterocycles. The molecule has 0 bridgehead atoms. The molecule has 8 heteroatoms. The van der Waals surface area contributed by atoms with Crippen molar-refractivity contribution in [3.05, 3.63) is 44.9 Å². The lowest BCUT2D eigenvalue weighted by atomic mass is 9.97. The number of aryl methyl sites for hydroxylation is 2. The van der Waals surface area contributed by atoms with Gasteiger partial charge < -0.3 is 5.11 Å². The highest BCUT2D eigenvalue weighted by atomic mass is 32.2. The Labute approximate surface area is 145 Å². The van der Waals surface area contributed by atoms with Gasteiger partial charge in [0.05, 0.1) is 17.9 Å². The number of thiazole rings is 1. The molecule has 0 atom stereocenters. The van der Waals surface area contributed by atoms with E-state index in [9.17, 15) is 13.2 Å². The highest BCUT2D eigenvalue weighted by Crippen LogP contribution is 2.29. The zero-order valence-electron chi connectivity index (χ0n) is 14.0. The van der Waals surface area contributed by atoms with Gasteiger partial charge in [0.15, 0.2) is 0 Å². The summed E-state index contributed by atoms with van der Waals surface area (Å²) in [5, 5.41) is 11.6. The zero-order chi connectivity index (χ0) is 18.1. The molecule has 130 valence electrons. The van der Waals surface area contributed by atoms with Gasteiger partial charge in [-0.25, -0.2) is 13.4 Å². The summed E-state index contributed by atoms with van der Waals surface area (Å²) in [6.07, 6.45) is 1.43. The first-order chi connectivity index (χ1) is 11.1. The first-order valence-electron chi connectivity index (χ1n) is 7.30. The average molecular weight is 368 g/mol. The van der Waals surface area contributed by atoms with Crippen LogP contribution < -0.4 is 0 Å². The van der Waals surface area contributed by atoms with E-state index in [0.29, 0.717) is 21.7 Å². The van der Waals surface area contributed by atoms with E-state index in [1.54, 1.807) is 38.4 Å². The SMILES string of the molecule is Cc1cc(C)c(S(=O)(=O)N(C)Cc2nccs2)c(C)c1CC(=O)O. The molecular formula is C16H20N2O4S2. The van der Waals surface area contributed by atoms with Gasteiger partial charge in [-0.2, -0.15) is 4.31 Å². The monoisotopic (exact) mass is 368 g/mol. The number of aromatic nitrogens is 1. The van der Waals surface area contributed by atoms with E-state index in [1.807, 2.05) is 0 Å². The standard InChI is InChI=1S/C16H20N2O4S2/c1-10-7-11(2)16(12(3)13(10)8-15(19)20)24(21,22)18(4)9-14-17-5-6-23-14/h5-7H,8-9H2,1-4H3,(H,19,20). The van der Waals surface area contributed by atoms with Gasteiger partial charge >= 0.3 is 5.97 Å². The molecule has 0 radical (unpaired) electrons. The van der Waals surface area contributed by atoms with Crippen molar-refractivity contribution in [3.8, 4) is 0 Å². The maximum absolute atomic E-state index is 13.0. The van der Waals surface area contributed by atoms with Crippen molar-refractivity contribution >= 4 is 27.3 Å². The average Bonchev–Trinajstić information content (AvgIpc) is 2.95. The first kappa shape index (κ1) is 18.6. The van der Waals surface area contributed by atoms with Gasteiger partial charge in [0, 0.05) is 18.6 Å². The molecule has 1 N–H and O–H groups in total. The van der Waals surface area contributed by atoms with Crippen molar-refractivity contribution in [2.45, 2.75) is 38.6 Å². The summed E-state index contributed by atoms with van der Waals surface area (Å²) < 4.78 is 27.3. The van der Waals surface area contributed by atoms with Crippen LogP contribution in [-0.2, 0) is 27.8 Å². The Morgan fingerprint density at radius 2 is 1.96 bits per heavy atom. The summed E-state index contributed by atoms with van der Waals surface area (Å²) in [7, 11) is -2.24. The van der Waals surface area contributed by atoms with E-state index in [2.05, 4.69) is 4.98 Å². The van der Waals surface area contributed by atoms with Gasteiger partial charge in [-0.05, 0) is 43.0 Å². The number of hydrogen-bond donors (Lipinski definition) is 1. The molecule has 24 heavy (non-hydrogen) atoms. The second-order valence-corrected chi connectivity index (χ2v) is 8.66. The Hall–Kier alpha value is -1.77. The van der Waals surface area contributed by atoms with Crippen LogP contribution in [0.5, 0.6) is 0 Å². The fourth-order valence-electron chi connectivity index (χ4n) is 2.79. The fraction of sp³-hybridized carbons (Fsp3) is 0.375. The molecule has 0 fully saturated rings. The molecule has 0 amide bonds. The minimum atomic E-state index is -3.74. The van der Waals surface area contributed by atoms with Crippen molar-refractivity contribution in [3.63, 3.8) is 0 Å². The molecule has 0 aliphatic heterocycles. The van der Waals surface area contributed by atoms with Crippen molar-refractivity contribution < 1.29 is 18.3 Å². The van der Waals surface area contributed by atoms with Crippen LogP contribution in [0.3, 0.4) is 0 Å². The lowest BCUT2D eigenvalue weighted by molar-refractivity contribution is -0.136. The van der Waals surface area contributed by atoms with E-state index >= 15 is 0 Å². The Morgan fingerprint density at radius 3 is 2.50 bits per heavy atom. The summed E-state index contributed by atoms with van der Waals surface area (Å²) >= 11 is 1.39. The number of rotatable bonds is 6. The van der Waals surface area contributed by atoms with Crippen LogP contribution in [0.25, 0.3) is 0 Å². The minimum absolute atomic E-state index is 0.182. The lowest BCUT2D eigenvalue weighted by Gasteiger charge is -2.21. The van der Waals surface area contributed by atoms with E-state index in [0.717, 1.165) is 5.56 Å². The molecule has 0 aliphatic carbocycles. The number of nitrogens with zero attached hydrogens (tertiary/aromatic N) is 2. The van der Waals surface area contributed by atoms with Crippen molar-refractivity contribution in [1.29, 1.82) is 0 Å². The second kappa shape index (κ2) is 7.00. The topological polar surface area (TPSA) is 87.6 Å². The number of carboxylic acids is 1. The maximum atomic E-state index is 13.0. The van der Waals surface area contributed by atoms with Crippen LogP contribution in [0.1, 0.15) is 27.3 Å². The molecule has 0 aliphatic rings. The molecule has 0 saturated heterocycles. The Bertz CT molecular complexity index is 859. The van der Waals surface area contributed by atoms with Gasteiger partial charge in [-0.15, -0.1) is 11.3 Å².